The van der Waals surface area contributed by atoms with Crippen molar-refractivity contribution >= 4 is 11.6 Å². The Hall–Kier alpha value is -1.42. The van der Waals surface area contributed by atoms with Gasteiger partial charge in [0.2, 0.25) is 5.28 Å². The van der Waals surface area contributed by atoms with Crippen LogP contribution in [0, 0.1) is 5.82 Å². The van der Waals surface area contributed by atoms with Crippen molar-refractivity contribution < 1.29 is 4.39 Å². The van der Waals surface area contributed by atoms with Crippen LogP contribution in [0.25, 0.3) is 0 Å². The summed E-state index contributed by atoms with van der Waals surface area (Å²) in [7, 11) is 0. The van der Waals surface area contributed by atoms with Crippen LogP contribution >= 0.6 is 11.6 Å². The van der Waals surface area contributed by atoms with Gasteiger partial charge in [0.05, 0.1) is 0 Å². The first kappa shape index (κ1) is 12.6. The average Bonchev–Trinajstić information content (AvgIpc) is 3.15. The van der Waals surface area contributed by atoms with Gasteiger partial charge in [-0.25, -0.2) is 4.39 Å². The van der Waals surface area contributed by atoms with E-state index in [-0.39, 0.29) is 11.9 Å². The zero-order chi connectivity index (χ0) is 13.4. The molecule has 0 spiro atoms. The van der Waals surface area contributed by atoms with E-state index in [4.69, 9.17) is 11.6 Å². The van der Waals surface area contributed by atoms with Gasteiger partial charge >= 0.3 is 0 Å². The molecule has 1 aliphatic rings. The molecule has 1 aliphatic carbocycles. The van der Waals surface area contributed by atoms with E-state index >= 15 is 0 Å². The number of hydrogen-bond donors (Lipinski definition) is 0. The first-order chi connectivity index (χ1) is 9.15. The Balaban J connectivity index is 1.81. The van der Waals surface area contributed by atoms with Crippen molar-refractivity contribution in [2.24, 2.45) is 0 Å². The summed E-state index contributed by atoms with van der Waals surface area (Å²) >= 11 is 6.13. The van der Waals surface area contributed by atoms with Crippen molar-refractivity contribution in [3.8, 4) is 0 Å². The van der Waals surface area contributed by atoms with Crippen molar-refractivity contribution in [2.45, 2.75) is 38.1 Å². The molecule has 0 N–H and O–H groups in total. The minimum Gasteiger partial charge on any atom is -0.298 e. The Labute approximate surface area is 116 Å². The molecule has 3 nitrogen and oxygen atoms in total. The fraction of sp³-hybridized carbons (Fsp3) is 0.429. The summed E-state index contributed by atoms with van der Waals surface area (Å²) in [6, 6.07) is 6.75. The molecule has 0 saturated heterocycles. The van der Waals surface area contributed by atoms with Gasteiger partial charge in [-0.1, -0.05) is 12.1 Å². The van der Waals surface area contributed by atoms with E-state index in [1.165, 1.54) is 12.1 Å². The van der Waals surface area contributed by atoms with Gasteiger partial charge in [0.25, 0.3) is 0 Å². The second-order valence-corrected chi connectivity index (χ2v) is 5.49. The van der Waals surface area contributed by atoms with E-state index in [1.807, 2.05) is 4.57 Å². The van der Waals surface area contributed by atoms with Crippen LogP contribution in [0.1, 0.15) is 43.1 Å². The molecule has 19 heavy (non-hydrogen) atoms. The van der Waals surface area contributed by atoms with E-state index in [0.29, 0.717) is 11.2 Å². The molecule has 0 amide bonds. The summed E-state index contributed by atoms with van der Waals surface area (Å²) in [6.45, 7) is 2.09. The fourth-order valence-corrected chi connectivity index (χ4v) is 2.65. The molecule has 1 heterocycles. The molecule has 100 valence electrons. The lowest BCUT2D eigenvalue weighted by Gasteiger charge is -2.16. The van der Waals surface area contributed by atoms with Crippen LogP contribution in [0.3, 0.4) is 0 Å². The summed E-state index contributed by atoms with van der Waals surface area (Å²) in [4.78, 5) is 0. The standard InChI is InChI=1S/C14H15ClFN3/c1-9(8-10-2-6-12(16)7-3-10)19-13(11-4-5-11)17-18-14(19)15/h2-3,6-7,9,11H,4-5,8H2,1H3. The van der Waals surface area contributed by atoms with Crippen molar-refractivity contribution in [2.75, 3.05) is 0 Å². The predicted molar refractivity (Wildman–Crippen MR) is 71.8 cm³/mol. The second-order valence-electron chi connectivity index (χ2n) is 5.15. The lowest BCUT2D eigenvalue weighted by Crippen LogP contribution is -2.11. The largest absolute Gasteiger partial charge is 0.298 e. The minimum atomic E-state index is -0.211. The van der Waals surface area contributed by atoms with E-state index in [1.54, 1.807) is 12.1 Å². The predicted octanol–water partition coefficient (Wildman–Crippen LogP) is 3.75. The van der Waals surface area contributed by atoms with Gasteiger partial charge in [-0.05, 0) is 55.5 Å². The maximum Gasteiger partial charge on any atom is 0.225 e. The minimum absolute atomic E-state index is 0.170. The number of aromatic nitrogens is 3. The molecule has 1 unspecified atom stereocenters. The maximum absolute atomic E-state index is 12.9. The quantitative estimate of drug-likeness (QED) is 0.853. The highest BCUT2D eigenvalue weighted by Crippen LogP contribution is 2.40. The summed E-state index contributed by atoms with van der Waals surface area (Å²) in [5.74, 6) is 1.28. The Bertz CT molecular complexity index is 575. The third-order valence-corrected chi connectivity index (χ3v) is 3.77. The first-order valence-electron chi connectivity index (χ1n) is 6.50. The molecule has 1 fully saturated rings. The zero-order valence-corrected chi connectivity index (χ0v) is 11.4. The van der Waals surface area contributed by atoms with Crippen LogP contribution in [-0.2, 0) is 6.42 Å². The lowest BCUT2D eigenvalue weighted by molar-refractivity contribution is 0.520. The summed E-state index contributed by atoms with van der Waals surface area (Å²) in [6.07, 6.45) is 3.12. The van der Waals surface area contributed by atoms with E-state index in [2.05, 4.69) is 17.1 Å². The highest BCUT2D eigenvalue weighted by molar-refractivity contribution is 6.28. The molecule has 0 aliphatic heterocycles. The molecule has 1 atom stereocenters. The molecular weight excluding hydrogens is 265 g/mol. The van der Waals surface area contributed by atoms with Crippen LogP contribution in [0.5, 0.6) is 0 Å². The van der Waals surface area contributed by atoms with Gasteiger partial charge in [-0.2, -0.15) is 0 Å². The highest BCUT2D eigenvalue weighted by atomic mass is 35.5. The van der Waals surface area contributed by atoms with Crippen LogP contribution in [0.4, 0.5) is 4.39 Å². The fourth-order valence-electron chi connectivity index (χ4n) is 2.36. The van der Waals surface area contributed by atoms with Crippen LogP contribution in [0.15, 0.2) is 24.3 Å². The summed E-state index contributed by atoms with van der Waals surface area (Å²) < 4.78 is 14.9. The lowest BCUT2D eigenvalue weighted by atomic mass is 10.1. The smallest absolute Gasteiger partial charge is 0.225 e. The molecule has 1 saturated carbocycles. The molecule has 0 radical (unpaired) electrons. The average molecular weight is 280 g/mol. The van der Waals surface area contributed by atoms with Gasteiger partial charge in [0, 0.05) is 12.0 Å². The van der Waals surface area contributed by atoms with Crippen molar-refractivity contribution in [1.82, 2.24) is 14.8 Å². The van der Waals surface area contributed by atoms with E-state index < -0.39 is 0 Å². The number of rotatable bonds is 4. The van der Waals surface area contributed by atoms with Crippen LogP contribution in [-0.4, -0.2) is 14.8 Å². The second kappa shape index (κ2) is 4.93. The molecular formula is C14H15ClFN3. The monoisotopic (exact) mass is 279 g/mol. The summed E-state index contributed by atoms with van der Waals surface area (Å²) in [5.41, 5.74) is 1.08. The normalized spacial score (nSPS) is 16.6. The molecule has 1 aromatic carbocycles. The van der Waals surface area contributed by atoms with Crippen molar-refractivity contribution in [1.29, 1.82) is 0 Å². The Morgan fingerprint density at radius 1 is 1.32 bits per heavy atom. The van der Waals surface area contributed by atoms with Gasteiger partial charge in [-0.3, -0.25) is 4.57 Å². The van der Waals surface area contributed by atoms with Crippen molar-refractivity contribution in [3.63, 3.8) is 0 Å². The van der Waals surface area contributed by atoms with Gasteiger partial charge in [-0.15, -0.1) is 10.2 Å². The zero-order valence-electron chi connectivity index (χ0n) is 10.7. The first-order valence-corrected chi connectivity index (χ1v) is 6.87. The highest BCUT2D eigenvalue weighted by Gasteiger charge is 2.31. The SMILES string of the molecule is CC(Cc1ccc(F)cc1)n1c(Cl)nnc1C1CC1. The Morgan fingerprint density at radius 3 is 2.63 bits per heavy atom. The third-order valence-electron chi connectivity index (χ3n) is 3.51. The van der Waals surface area contributed by atoms with Gasteiger partial charge in [0.1, 0.15) is 11.6 Å². The van der Waals surface area contributed by atoms with Crippen LogP contribution < -0.4 is 0 Å². The van der Waals surface area contributed by atoms with E-state index in [0.717, 1.165) is 30.7 Å². The van der Waals surface area contributed by atoms with Gasteiger partial charge < -0.3 is 0 Å². The molecule has 2 aromatic rings. The number of halogens is 2. The van der Waals surface area contributed by atoms with Crippen molar-refractivity contribution in [3.05, 3.63) is 46.8 Å². The van der Waals surface area contributed by atoms with Crippen LogP contribution in [0.2, 0.25) is 5.28 Å². The third kappa shape index (κ3) is 2.63. The molecule has 1 aromatic heterocycles. The number of hydrogen-bond acceptors (Lipinski definition) is 2. The molecule has 3 rings (SSSR count). The summed E-state index contributed by atoms with van der Waals surface area (Å²) in [5, 5.41) is 8.59. The number of nitrogens with zero attached hydrogens (tertiary/aromatic N) is 3. The molecule has 5 heteroatoms. The maximum atomic E-state index is 12.9. The van der Waals surface area contributed by atoms with Gasteiger partial charge in [0.15, 0.2) is 0 Å². The number of benzene rings is 1. The Morgan fingerprint density at radius 2 is 2.00 bits per heavy atom. The topological polar surface area (TPSA) is 30.7 Å². The Kier molecular flexibility index (Phi) is 3.27. The molecule has 0 bridgehead atoms. The van der Waals surface area contributed by atoms with E-state index in [9.17, 15) is 4.39 Å².